The molecule has 1 aromatic carbocycles. The third-order valence-electron chi connectivity index (χ3n) is 3.33. The maximum atomic E-state index is 12.9. The molecule has 1 fully saturated rings. The fraction of sp³-hybridized carbons (Fsp3) is 0.467. The van der Waals surface area contributed by atoms with Crippen LogP contribution in [-0.4, -0.2) is 53.3 Å². The van der Waals surface area contributed by atoms with Crippen molar-refractivity contribution in [1.82, 2.24) is 4.90 Å². The topological polar surface area (TPSA) is 76.1 Å². The van der Waals surface area contributed by atoms with Gasteiger partial charge in [0.15, 0.2) is 11.7 Å². The van der Waals surface area contributed by atoms with Crippen molar-refractivity contribution >= 4 is 11.9 Å². The summed E-state index contributed by atoms with van der Waals surface area (Å²) in [6.45, 7) is 3.62. The molecule has 1 unspecified atom stereocenters. The van der Waals surface area contributed by atoms with Gasteiger partial charge in [0.05, 0.1) is 13.2 Å². The van der Waals surface area contributed by atoms with E-state index in [9.17, 15) is 14.0 Å². The van der Waals surface area contributed by atoms with E-state index in [1.165, 1.54) is 29.2 Å². The van der Waals surface area contributed by atoms with Gasteiger partial charge in [-0.1, -0.05) is 0 Å². The summed E-state index contributed by atoms with van der Waals surface area (Å²) < 4.78 is 23.6. The van der Waals surface area contributed by atoms with Crippen LogP contribution in [-0.2, 0) is 14.3 Å². The standard InChI is InChI=1S/C15H18FNO5/c1-15(2,22-11-5-3-10(16)4-6-11)14(20)17-7-8-21-12(9-17)13(18)19/h3-6,12H,7-9H2,1-2H3,(H,18,19). The van der Waals surface area contributed by atoms with Gasteiger partial charge in [0.1, 0.15) is 11.6 Å². The minimum atomic E-state index is -1.20. The average Bonchev–Trinajstić information content (AvgIpc) is 2.48. The highest BCUT2D eigenvalue weighted by Gasteiger charge is 2.38. The van der Waals surface area contributed by atoms with Gasteiger partial charge in [-0.25, -0.2) is 9.18 Å². The molecule has 0 radical (unpaired) electrons. The fourth-order valence-corrected chi connectivity index (χ4v) is 2.20. The molecule has 120 valence electrons. The van der Waals surface area contributed by atoms with Crippen molar-refractivity contribution in [2.24, 2.45) is 0 Å². The molecular formula is C15H18FNO5. The zero-order valence-corrected chi connectivity index (χ0v) is 12.4. The summed E-state index contributed by atoms with van der Waals surface area (Å²) in [5, 5.41) is 8.97. The third kappa shape index (κ3) is 3.73. The van der Waals surface area contributed by atoms with Crippen LogP contribution in [0.5, 0.6) is 5.75 Å². The molecule has 0 bridgehead atoms. The quantitative estimate of drug-likeness (QED) is 0.907. The Hall–Kier alpha value is -2.15. The van der Waals surface area contributed by atoms with Crippen LogP contribution in [0.15, 0.2) is 24.3 Å². The number of aliphatic carboxylic acids is 1. The van der Waals surface area contributed by atoms with Crippen LogP contribution >= 0.6 is 0 Å². The van der Waals surface area contributed by atoms with E-state index in [2.05, 4.69) is 0 Å². The highest BCUT2D eigenvalue weighted by molar-refractivity contribution is 5.85. The Morgan fingerprint density at radius 3 is 2.59 bits per heavy atom. The summed E-state index contributed by atoms with van der Waals surface area (Å²) in [4.78, 5) is 24.9. The molecular weight excluding hydrogens is 293 g/mol. The number of amides is 1. The molecule has 0 aromatic heterocycles. The van der Waals surface area contributed by atoms with Crippen LogP contribution in [0.3, 0.4) is 0 Å². The lowest BCUT2D eigenvalue weighted by atomic mass is 10.1. The van der Waals surface area contributed by atoms with Gasteiger partial charge in [0.25, 0.3) is 5.91 Å². The van der Waals surface area contributed by atoms with Crippen LogP contribution in [0.1, 0.15) is 13.8 Å². The van der Waals surface area contributed by atoms with Crippen LogP contribution < -0.4 is 4.74 Å². The Balaban J connectivity index is 2.06. The molecule has 1 saturated heterocycles. The number of carboxylic acids is 1. The lowest BCUT2D eigenvalue weighted by molar-refractivity contribution is -0.164. The van der Waals surface area contributed by atoms with Gasteiger partial charge < -0.3 is 19.5 Å². The first-order chi connectivity index (χ1) is 10.3. The van der Waals surface area contributed by atoms with Crippen molar-refractivity contribution in [3.8, 4) is 5.75 Å². The molecule has 1 aliphatic heterocycles. The SMILES string of the molecule is CC(C)(Oc1ccc(F)cc1)C(=O)N1CCOC(C(=O)O)C1. The molecule has 1 amide bonds. The van der Waals surface area contributed by atoms with Gasteiger partial charge in [-0.3, -0.25) is 4.79 Å². The largest absolute Gasteiger partial charge is 0.479 e. The summed E-state index contributed by atoms with van der Waals surface area (Å²) >= 11 is 0. The van der Waals surface area contributed by atoms with Crippen LogP contribution in [0.2, 0.25) is 0 Å². The number of benzene rings is 1. The lowest BCUT2D eigenvalue weighted by Crippen LogP contribution is -2.55. The summed E-state index contributed by atoms with van der Waals surface area (Å²) in [7, 11) is 0. The van der Waals surface area contributed by atoms with Crippen molar-refractivity contribution in [2.45, 2.75) is 25.6 Å². The molecule has 2 rings (SSSR count). The summed E-state index contributed by atoms with van der Waals surface area (Å²) in [5.74, 6) is -1.47. The normalized spacial score (nSPS) is 18.9. The van der Waals surface area contributed by atoms with Crippen LogP contribution in [0.25, 0.3) is 0 Å². The number of carbonyl (C=O) groups is 2. The van der Waals surface area contributed by atoms with Crippen molar-refractivity contribution in [1.29, 1.82) is 0 Å². The molecule has 1 aliphatic rings. The molecule has 1 N–H and O–H groups in total. The summed E-state index contributed by atoms with van der Waals surface area (Å²) in [5.41, 5.74) is -1.20. The average molecular weight is 311 g/mol. The summed E-state index contributed by atoms with van der Waals surface area (Å²) in [6.07, 6.45) is -1.03. The Labute approximate surface area is 127 Å². The van der Waals surface area contributed by atoms with Gasteiger partial charge in [0.2, 0.25) is 0 Å². The molecule has 7 heteroatoms. The lowest BCUT2D eigenvalue weighted by Gasteiger charge is -2.36. The van der Waals surface area contributed by atoms with Gasteiger partial charge in [-0.15, -0.1) is 0 Å². The number of carbonyl (C=O) groups excluding carboxylic acids is 1. The third-order valence-corrected chi connectivity index (χ3v) is 3.33. The van der Waals surface area contributed by atoms with Crippen LogP contribution in [0, 0.1) is 5.82 Å². The Kier molecular flexibility index (Phi) is 4.65. The molecule has 0 saturated carbocycles. The molecule has 1 aromatic rings. The van der Waals surface area contributed by atoms with E-state index >= 15 is 0 Å². The molecule has 22 heavy (non-hydrogen) atoms. The Morgan fingerprint density at radius 2 is 2.00 bits per heavy atom. The monoisotopic (exact) mass is 311 g/mol. The van der Waals surface area contributed by atoms with E-state index in [0.29, 0.717) is 12.3 Å². The van der Waals surface area contributed by atoms with Crippen molar-refractivity contribution < 1.29 is 28.6 Å². The van der Waals surface area contributed by atoms with E-state index < -0.39 is 23.5 Å². The maximum Gasteiger partial charge on any atom is 0.334 e. The van der Waals surface area contributed by atoms with Crippen molar-refractivity contribution in [2.75, 3.05) is 19.7 Å². The number of nitrogens with zero attached hydrogens (tertiary/aromatic N) is 1. The number of carboxylic acid groups (broad SMARTS) is 1. The van der Waals surface area contributed by atoms with E-state index in [4.69, 9.17) is 14.6 Å². The Morgan fingerprint density at radius 1 is 1.36 bits per heavy atom. The van der Waals surface area contributed by atoms with Gasteiger partial charge in [0, 0.05) is 6.54 Å². The number of rotatable bonds is 4. The zero-order valence-electron chi connectivity index (χ0n) is 12.4. The van der Waals surface area contributed by atoms with Crippen molar-refractivity contribution in [3.05, 3.63) is 30.1 Å². The highest BCUT2D eigenvalue weighted by atomic mass is 19.1. The van der Waals surface area contributed by atoms with Gasteiger partial charge >= 0.3 is 5.97 Å². The highest BCUT2D eigenvalue weighted by Crippen LogP contribution is 2.21. The van der Waals surface area contributed by atoms with Crippen molar-refractivity contribution in [3.63, 3.8) is 0 Å². The number of hydrogen-bond donors (Lipinski definition) is 1. The van der Waals surface area contributed by atoms with Gasteiger partial charge in [-0.05, 0) is 38.1 Å². The number of hydrogen-bond acceptors (Lipinski definition) is 4. The molecule has 1 atom stereocenters. The second-order valence-corrected chi connectivity index (χ2v) is 5.52. The second kappa shape index (κ2) is 6.31. The predicted octanol–water partition coefficient (Wildman–Crippen LogP) is 1.30. The fourth-order valence-electron chi connectivity index (χ4n) is 2.20. The summed E-state index contributed by atoms with van der Waals surface area (Å²) in [6, 6.07) is 5.35. The number of ether oxygens (including phenoxy) is 2. The first kappa shape index (κ1) is 16.2. The molecule has 0 spiro atoms. The van der Waals surface area contributed by atoms with E-state index in [-0.39, 0.29) is 19.1 Å². The smallest absolute Gasteiger partial charge is 0.334 e. The molecule has 6 nitrogen and oxygen atoms in total. The minimum absolute atomic E-state index is 0.0234. The second-order valence-electron chi connectivity index (χ2n) is 5.52. The van der Waals surface area contributed by atoms with E-state index in [1.807, 2.05) is 0 Å². The number of halogens is 1. The zero-order chi connectivity index (χ0) is 16.3. The molecule has 1 heterocycles. The van der Waals surface area contributed by atoms with Gasteiger partial charge in [-0.2, -0.15) is 0 Å². The first-order valence-corrected chi connectivity index (χ1v) is 6.88. The molecule has 0 aliphatic carbocycles. The van der Waals surface area contributed by atoms with E-state index in [1.54, 1.807) is 13.8 Å². The van der Waals surface area contributed by atoms with E-state index in [0.717, 1.165) is 0 Å². The maximum absolute atomic E-state index is 12.9. The minimum Gasteiger partial charge on any atom is -0.479 e. The van der Waals surface area contributed by atoms with Crippen LogP contribution in [0.4, 0.5) is 4.39 Å². The first-order valence-electron chi connectivity index (χ1n) is 6.88. The Bertz CT molecular complexity index is 558. The number of morpholine rings is 1. The predicted molar refractivity (Wildman–Crippen MR) is 75.1 cm³/mol.